The summed E-state index contributed by atoms with van der Waals surface area (Å²) >= 11 is 0. The maximum absolute atomic E-state index is 12.0. The van der Waals surface area contributed by atoms with Gasteiger partial charge in [-0.3, -0.25) is 9.59 Å². The molecule has 2 N–H and O–H groups in total. The lowest BCUT2D eigenvalue weighted by Crippen LogP contribution is -2.45. The topological polar surface area (TPSA) is 76.7 Å². The molecule has 0 bridgehead atoms. The minimum absolute atomic E-state index is 0.0931. The van der Waals surface area contributed by atoms with Gasteiger partial charge in [0.05, 0.1) is 5.69 Å². The molecule has 6 heteroatoms. The number of carbonyl (C=O) groups is 2. The van der Waals surface area contributed by atoms with E-state index in [0.29, 0.717) is 22.9 Å². The van der Waals surface area contributed by atoms with Gasteiger partial charge in [-0.05, 0) is 38.1 Å². The molecule has 1 aliphatic rings. The first-order valence-corrected chi connectivity index (χ1v) is 7.56. The van der Waals surface area contributed by atoms with Crippen LogP contribution in [-0.4, -0.2) is 24.0 Å². The van der Waals surface area contributed by atoms with Gasteiger partial charge < -0.3 is 20.1 Å². The Balaban J connectivity index is 1.64. The Hall–Kier alpha value is -3.02. The van der Waals surface area contributed by atoms with Crippen LogP contribution >= 0.6 is 0 Å². The van der Waals surface area contributed by atoms with Gasteiger partial charge in [0, 0.05) is 11.8 Å². The molecule has 0 atom stereocenters. The second kappa shape index (κ2) is 6.23. The minimum atomic E-state index is -0.952. The highest BCUT2D eigenvalue weighted by molar-refractivity contribution is 6.01. The quantitative estimate of drug-likeness (QED) is 0.906. The van der Waals surface area contributed by atoms with Crippen LogP contribution in [0.5, 0.6) is 11.5 Å². The van der Waals surface area contributed by atoms with Crippen LogP contribution in [0, 0.1) is 0 Å². The second-order valence-corrected chi connectivity index (χ2v) is 5.93. The standard InChI is InChI=1S/C18H18N2O4/c1-18(2)17(22)20-14-9-8-12(10-15(14)24-18)19-16(21)11-23-13-6-4-3-5-7-13/h3-10H,11H2,1-2H3,(H,19,21)(H,20,22). The summed E-state index contributed by atoms with van der Waals surface area (Å²) in [5, 5.41) is 5.52. The van der Waals surface area contributed by atoms with Gasteiger partial charge in [-0.1, -0.05) is 18.2 Å². The number of hydrogen-bond donors (Lipinski definition) is 2. The summed E-state index contributed by atoms with van der Waals surface area (Å²) in [5.74, 6) is 0.660. The number of para-hydroxylation sites is 1. The van der Waals surface area contributed by atoms with Gasteiger partial charge in [-0.25, -0.2) is 0 Å². The van der Waals surface area contributed by atoms with Gasteiger partial charge in [0.15, 0.2) is 12.2 Å². The monoisotopic (exact) mass is 326 g/mol. The zero-order valence-corrected chi connectivity index (χ0v) is 13.5. The summed E-state index contributed by atoms with van der Waals surface area (Å²) in [6.07, 6.45) is 0. The van der Waals surface area contributed by atoms with Crippen molar-refractivity contribution < 1.29 is 19.1 Å². The Labute approximate surface area is 139 Å². The number of amides is 2. The molecule has 0 spiro atoms. The van der Waals surface area contributed by atoms with E-state index in [1.807, 2.05) is 18.2 Å². The third-order valence-electron chi connectivity index (χ3n) is 3.54. The van der Waals surface area contributed by atoms with Gasteiger partial charge in [0.1, 0.15) is 11.5 Å². The van der Waals surface area contributed by atoms with Crippen molar-refractivity contribution >= 4 is 23.2 Å². The zero-order valence-electron chi connectivity index (χ0n) is 13.5. The molecule has 2 aromatic rings. The minimum Gasteiger partial charge on any atom is -0.484 e. The average Bonchev–Trinajstić information content (AvgIpc) is 2.55. The number of rotatable bonds is 4. The normalized spacial score (nSPS) is 14.8. The number of fused-ring (bicyclic) bond motifs is 1. The van der Waals surface area contributed by atoms with Gasteiger partial charge in [0.25, 0.3) is 11.8 Å². The molecule has 1 heterocycles. The van der Waals surface area contributed by atoms with E-state index in [-0.39, 0.29) is 18.4 Å². The number of hydrogen-bond acceptors (Lipinski definition) is 4. The molecule has 0 aliphatic carbocycles. The second-order valence-electron chi connectivity index (χ2n) is 5.93. The fourth-order valence-corrected chi connectivity index (χ4v) is 2.24. The van der Waals surface area contributed by atoms with E-state index in [9.17, 15) is 9.59 Å². The highest BCUT2D eigenvalue weighted by atomic mass is 16.5. The van der Waals surface area contributed by atoms with E-state index in [2.05, 4.69) is 10.6 Å². The summed E-state index contributed by atoms with van der Waals surface area (Å²) in [5.41, 5.74) is 0.201. The fourth-order valence-electron chi connectivity index (χ4n) is 2.24. The Kier molecular flexibility index (Phi) is 4.12. The van der Waals surface area contributed by atoms with Gasteiger partial charge in [0.2, 0.25) is 0 Å². The van der Waals surface area contributed by atoms with Crippen molar-refractivity contribution in [3.63, 3.8) is 0 Å². The molecule has 6 nitrogen and oxygen atoms in total. The first-order chi connectivity index (χ1) is 11.4. The van der Waals surface area contributed by atoms with Crippen LogP contribution in [-0.2, 0) is 9.59 Å². The Morgan fingerprint density at radius 3 is 2.71 bits per heavy atom. The van der Waals surface area contributed by atoms with Crippen molar-refractivity contribution in [1.29, 1.82) is 0 Å². The van der Waals surface area contributed by atoms with Gasteiger partial charge in [-0.2, -0.15) is 0 Å². The lowest BCUT2D eigenvalue weighted by atomic mass is 10.1. The fraction of sp³-hybridized carbons (Fsp3) is 0.222. The van der Waals surface area contributed by atoms with Crippen molar-refractivity contribution in [3.8, 4) is 11.5 Å². The largest absolute Gasteiger partial charge is 0.484 e. The molecule has 1 aliphatic heterocycles. The highest BCUT2D eigenvalue weighted by Crippen LogP contribution is 2.35. The Bertz CT molecular complexity index is 772. The summed E-state index contributed by atoms with van der Waals surface area (Å²) in [6.45, 7) is 3.28. The Morgan fingerprint density at radius 2 is 1.96 bits per heavy atom. The number of anilines is 2. The van der Waals surface area contributed by atoms with Crippen LogP contribution < -0.4 is 20.1 Å². The predicted octanol–water partition coefficient (Wildman–Crippen LogP) is 2.81. The molecule has 2 aromatic carbocycles. The molecular weight excluding hydrogens is 308 g/mol. The number of benzene rings is 2. The van der Waals surface area contributed by atoms with E-state index in [1.54, 1.807) is 44.2 Å². The smallest absolute Gasteiger partial charge is 0.268 e. The molecule has 0 fully saturated rings. The van der Waals surface area contributed by atoms with E-state index in [4.69, 9.17) is 9.47 Å². The first kappa shape index (κ1) is 15.9. The molecule has 3 rings (SSSR count). The SMILES string of the molecule is CC1(C)Oc2cc(NC(=O)COc3ccccc3)ccc2NC1=O. The molecule has 0 saturated carbocycles. The van der Waals surface area contributed by atoms with Gasteiger partial charge in [-0.15, -0.1) is 0 Å². The van der Waals surface area contributed by atoms with Gasteiger partial charge >= 0.3 is 0 Å². The van der Waals surface area contributed by atoms with Crippen molar-refractivity contribution in [1.82, 2.24) is 0 Å². The number of carbonyl (C=O) groups excluding carboxylic acids is 2. The van der Waals surface area contributed by atoms with E-state index >= 15 is 0 Å². The van der Waals surface area contributed by atoms with Crippen LogP contribution in [0.25, 0.3) is 0 Å². The van der Waals surface area contributed by atoms with Crippen LogP contribution in [0.2, 0.25) is 0 Å². The van der Waals surface area contributed by atoms with Crippen molar-refractivity contribution in [2.45, 2.75) is 19.4 Å². The van der Waals surface area contributed by atoms with Crippen LogP contribution in [0.4, 0.5) is 11.4 Å². The Morgan fingerprint density at radius 1 is 1.21 bits per heavy atom. The predicted molar refractivity (Wildman–Crippen MR) is 90.3 cm³/mol. The molecule has 0 unspecified atom stereocenters. The number of ether oxygens (including phenoxy) is 2. The summed E-state index contributed by atoms with van der Waals surface area (Å²) in [7, 11) is 0. The summed E-state index contributed by atoms with van der Waals surface area (Å²) in [4.78, 5) is 23.8. The first-order valence-electron chi connectivity index (χ1n) is 7.56. The molecule has 0 aromatic heterocycles. The van der Waals surface area contributed by atoms with Crippen molar-refractivity contribution in [2.24, 2.45) is 0 Å². The molecular formula is C18H18N2O4. The van der Waals surface area contributed by atoms with Crippen LogP contribution in [0.3, 0.4) is 0 Å². The van der Waals surface area contributed by atoms with Crippen LogP contribution in [0.1, 0.15) is 13.8 Å². The van der Waals surface area contributed by atoms with E-state index in [1.165, 1.54) is 0 Å². The number of nitrogens with one attached hydrogen (secondary N) is 2. The van der Waals surface area contributed by atoms with E-state index in [0.717, 1.165) is 0 Å². The molecule has 124 valence electrons. The van der Waals surface area contributed by atoms with Crippen molar-refractivity contribution in [2.75, 3.05) is 17.2 Å². The maximum Gasteiger partial charge on any atom is 0.268 e. The molecule has 24 heavy (non-hydrogen) atoms. The summed E-state index contributed by atoms with van der Waals surface area (Å²) in [6, 6.07) is 14.2. The molecule has 0 radical (unpaired) electrons. The van der Waals surface area contributed by atoms with Crippen molar-refractivity contribution in [3.05, 3.63) is 48.5 Å². The lowest BCUT2D eigenvalue weighted by molar-refractivity contribution is -0.129. The zero-order chi connectivity index (χ0) is 17.2. The average molecular weight is 326 g/mol. The highest BCUT2D eigenvalue weighted by Gasteiger charge is 2.35. The molecule has 2 amide bonds. The third-order valence-corrected chi connectivity index (χ3v) is 3.54. The third kappa shape index (κ3) is 3.48. The van der Waals surface area contributed by atoms with E-state index < -0.39 is 5.60 Å². The maximum atomic E-state index is 12.0. The van der Waals surface area contributed by atoms with Crippen LogP contribution in [0.15, 0.2) is 48.5 Å². The lowest BCUT2D eigenvalue weighted by Gasteiger charge is -2.31. The summed E-state index contributed by atoms with van der Waals surface area (Å²) < 4.78 is 11.1. The molecule has 0 saturated heterocycles.